The van der Waals surface area contributed by atoms with Gasteiger partial charge in [0, 0.05) is 31.0 Å². The first-order chi connectivity index (χ1) is 14.6. The number of hydrogen-bond acceptors (Lipinski definition) is 6. The molecule has 0 aliphatic carbocycles. The molecule has 1 aromatic carbocycles. The molecule has 1 spiro atoms. The molecule has 5 rings (SSSR count). The van der Waals surface area contributed by atoms with E-state index >= 15 is 0 Å². The third-order valence-electron chi connectivity index (χ3n) is 5.95. The summed E-state index contributed by atoms with van der Waals surface area (Å²) in [6, 6.07) is 12.9. The van der Waals surface area contributed by atoms with Crippen LogP contribution in [0.25, 0.3) is 0 Å². The number of pyridine rings is 1. The highest BCUT2D eigenvalue weighted by molar-refractivity contribution is 6.09. The van der Waals surface area contributed by atoms with Crippen molar-refractivity contribution in [2.75, 3.05) is 25.1 Å². The van der Waals surface area contributed by atoms with E-state index in [1.807, 2.05) is 30.3 Å². The van der Waals surface area contributed by atoms with Crippen molar-refractivity contribution >= 4 is 17.5 Å². The molecule has 0 radical (unpaired) electrons. The Morgan fingerprint density at radius 3 is 2.90 bits per heavy atom. The van der Waals surface area contributed by atoms with Gasteiger partial charge in [0.05, 0.1) is 19.1 Å². The summed E-state index contributed by atoms with van der Waals surface area (Å²) in [5.74, 6) is 0.389. The minimum atomic E-state index is -0.766. The predicted molar refractivity (Wildman–Crippen MR) is 107 cm³/mol. The van der Waals surface area contributed by atoms with Gasteiger partial charge in [-0.3, -0.25) is 14.6 Å². The van der Waals surface area contributed by atoms with Crippen LogP contribution < -0.4 is 9.64 Å². The molecule has 2 amide bonds. The Labute approximate surface area is 173 Å². The van der Waals surface area contributed by atoms with Crippen LogP contribution in [0.2, 0.25) is 0 Å². The highest BCUT2D eigenvalue weighted by Gasteiger charge is 2.55. The molecule has 2 aliphatic rings. The van der Waals surface area contributed by atoms with Gasteiger partial charge in [0.25, 0.3) is 5.91 Å². The number of nitrogens with zero attached hydrogens (tertiary/aromatic N) is 4. The molecule has 8 heteroatoms. The van der Waals surface area contributed by atoms with Gasteiger partial charge in [0.2, 0.25) is 5.91 Å². The number of hydrogen-bond donors (Lipinski definition) is 0. The number of carbonyl (C=O) groups is 2. The lowest BCUT2D eigenvalue weighted by Crippen LogP contribution is -2.43. The summed E-state index contributed by atoms with van der Waals surface area (Å²) >= 11 is 0. The van der Waals surface area contributed by atoms with Crippen LogP contribution in [0.15, 0.2) is 59.4 Å². The Hall–Kier alpha value is -3.68. The zero-order valence-electron chi connectivity index (χ0n) is 16.4. The average Bonchev–Trinajstić information content (AvgIpc) is 3.51. The summed E-state index contributed by atoms with van der Waals surface area (Å²) in [5.41, 5.74) is 1.97. The van der Waals surface area contributed by atoms with Crippen LogP contribution >= 0.6 is 0 Å². The van der Waals surface area contributed by atoms with E-state index in [1.165, 1.54) is 12.3 Å². The van der Waals surface area contributed by atoms with Crippen LogP contribution in [0, 0.1) is 0 Å². The van der Waals surface area contributed by atoms with E-state index in [0.717, 1.165) is 11.3 Å². The highest BCUT2D eigenvalue weighted by atomic mass is 16.5. The SMILES string of the molecule is COc1cccnc1CN1C(=O)C2(CCN(C(=O)c3ccon3)C2)c2ccccc21. The van der Waals surface area contributed by atoms with Crippen LogP contribution in [-0.4, -0.2) is 47.1 Å². The molecule has 152 valence electrons. The average molecular weight is 404 g/mol. The molecule has 3 aromatic rings. The van der Waals surface area contributed by atoms with Gasteiger partial charge in [-0.2, -0.15) is 0 Å². The molecule has 30 heavy (non-hydrogen) atoms. The minimum Gasteiger partial charge on any atom is -0.495 e. The van der Waals surface area contributed by atoms with Crippen molar-refractivity contribution in [3.05, 3.63) is 71.9 Å². The number of likely N-dealkylation sites (tertiary alicyclic amines) is 1. The molecule has 1 saturated heterocycles. The number of anilines is 1. The monoisotopic (exact) mass is 404 g/mol. The van der Waals surface area contributed by atoms with E-state index < -0.39 is 5.41 Å². The number of amides is 2. The molecule has 1 unspecified atom stereocenters. The molecular formula is C22H20N4O4. The van der Waals surface area contributed by atoms with Gasteiger partial charge < -0.3 is 19.1 Å². The van der Waals surface area contributed by atoms with Crippen molar-refractivity contribution < 1.29 is 18.8 Å². The zero-order chi connectivity index (χ0) is 20.7. The van der Waals surface area contributed by atoms with Crippen molar-refractivity contribution in [1.82, 2.24) is 15.0 Å². The van der Waals surface area contributed by atoms with Crippen molar-refractivity contribution in [3.63, 3.8) is 0 Å². The normalized spacial score (nSPS) is 20.1. The summed E-state index contributed by atoms with van der Waals surface area (Å²) in [4.78, 5) is 34.3. The van der Waals surface area contributed by atoms with E-state index in [2.05, 4.69) is 10.1 Å². The molecule has 1 atom stereocenters. The zero-order valence-corrected chi connectivity index (χ0v) is 16.4. The second-order valence-electron chi connectivity index (χ2n) is 7.50. The Morgan fingerprint density at radius 2 is 2.10 bits per heavy atom. The number of aromatic nitrogens is 2. The number of para-hydroxylation sites is 1. The van der Waals surface area contributed by atoms with Crippen molar-refractivity contribution in [3.8, 4) is 5.75 Å². The molecule has 4 heterocycles. The molecule has 1 fully saturated rings. The maximum atomic E-state index is 13.7. The van der Waals surface area contributed by atoms with Crippen molar-refractivity contribution in [1.29, 1.82) is 0 Å². The number of methoxy groups -OCH3 is 1. The topological polar surface area (TPSA) is 88.8 Å². The van der Waals surface area contributed by atoms with Crippen molar-refractivity contribution in [2.24, 2.45) is 0 Å². The van der Waals surface area contributed by atoms with E-state index in [-0.39, 0.29) is 17.5 Å². The first-order valence-corrected chi connectivity index (χ1v) is 9.73. The lowest BCUT2D eigenvalue weighted by Gasteiger charge is -2.24. The fraction of sp³-hybridized carbons (Fsp3) is 0.273. The van der Waals surface area contributed by atoms with Gasteiger partial charge in [-0.05, 0) is 30.2 Å². The third kappa shape index (κ3) is 2.67. The summed E-state index contributed by atoms with van der Waals surface area (Å²) in [5, 5.41) is 3.75. The Kier molecular flexibility index (Phi) is 4.27. The maximum absolute atomic E-state index is 13.7. The second-order valence-corrected chi connectivity index (χ2v) is 7.50. The van der Waals surface area contributed by atoms with Gasteiger partial charge in [0.15, 0.2) is 5.69 Å². The quantitative estimate of drug-likeness (QED) is 0.664. The predicted octanol–water partition coefficient (Wildman–Crippen LogP) is 2.41. The van der Waals surface area contributed by atoms with Crippen LogP contribution in [0.5, 0.6) is 5.75 Å². The summed E-state index contributed by atoms with van der Waals surface area (Å²) in [6.45, 7) is 1.09. The molecule has 2 aromatic heterocycles. The Bertz CT molecular complexity index is 1110. The summed E-state index contributed by atoms with van der Waals surface area (Å²) < 4.78 is 10.2. The van der Waals surface area contributed by atoms with E-state index in [1.54, 1.807) is 29.2 Å². The van der Waals surface area contributed by atoms with E-state index in [0.29, 0.717) is 37.5 Å². The van der Waals surface area contributed by atoms with Crippen LogP contribution in [0.4, 0.5) is 5.69 Å². The van der Waals surface area contributed by atoms with Crippen molar-refractivity contribution in [2.45, 2.75) is 18.4 Å². The fourth-order valence-corrected chi connectivity index (χ4v) is 4.49. The van der Waals surface area contributed by atoms with Gasteiger partial charge >= 0.3 is 0 Å². The number of fused-ring (bicyclic) bond motifs is 2. The number of ether oxygens (including phenoxy) is 1. The minimum absolute atomic E-state index is 0.0214. The second kappa shape index (κ2) is 6.98. The van der Waals surface area contributed by atoms with Gasteiger partial charge in [-0.1, -0.05) is 23.4 Å². The summed E-state index contributed by atoms with van der Waals surface area (Å²) in [6.07, 6.45) is 3.62. The van der Waals surface area contributed by atoms with E-state index in [9.17, 15) is 9.59 Å². The smallest absolute Gasteiger partial charge is 0.276 e. The van der Waals surface area contributed by atoms with Gasteiger partial charge in [-0.15, -0.1) is 0 Å². The standard InChI is InChI=1S/C22H20N4O4/c1-29-19-7-4-10-23-17(19)13-26-18-6-3-2-5-15(18)22(21(26)28)9-11-25(14-22)20(27)16-8-12-30-24-16/h2-8,10,12H,9,11,13-14H2,1H3. The number of rotatable bonds is 4. The molecule has 0 saturated carbocycles. The molecular weight excluding hydrogens is 384 g/mol. The van der Waals surface area contributed by atoms with Gasteiger partial charge in [0.1, 0.15) is 17.7 Å². The molecule has 2 aliphatic heterocycles. The molecule has 0 N–H and O–H groups in total. The number of carbonyl (C=O) groups excluding carboxylic acids is 2. The fourth-order valence-electron chi connectivity index (χ4n) is 4.49. The first kappa shape index (κ1) is 18.4. The van der Waals surface area contributed by atoms with Gasteiger partial charge in [-0.25, -0.2) is 0 Å². The molecule has 8 nitrogen and oxygen atoms in total. The highest BCUT2D eigenvalue weighted by Crippen LogP contribution is 2.48. The maximum Gasteiger partial charge on any atom is 0.276 e. The lowest BCUT2D eigenvalue weighted by atomic mass is 9.81. The van der Waals surface area contributed by atoms with Crippen LogP contribution in [0.1, 0.15) is 28.2 Å². The number of benzene rings is 1. The largest absolute Gasteiger partial charge is 0.495 e. The van der Waals surface area contributed by atoms with Crippen LogP contribution in [0.3, 0.4) is 0 Å². The Balaban J connectivity index is 1.49. The third-order valence-corrected chi connectivity index (χ3v) is 5.95. The first-order valence-electron chi connectivity index (χ1n) is 9.73. The Morgan fingerprint density at radius 1 is 1.23 bits per heavy atom. The lowest BCUT2D eigenvalue weighted by molar-refractivity contribution is -0.122. The van der Waals surface area contributed by atoms with Crippen LogP contribution in [-0.2, 0) is 16.8 Å². The molecule has 0 bridgehead atoms. The summed E-state index contributed by atoms with van der Waals surface area (Å²) in [7, 11) is 1.59. The van der Waals surface area contributed by atoms with E-state index in [4.69, 9.17) is 9.26 Å².